The summed E-state index contributed by atoms with van der Waals surface area (Å²) in [6.07, 6.45) is 4.62. The van der Waals surface area contributed by atoms with E-state index in [9.17, 15) is 4.79 Å². The van der Waals surface area contributed by atoms with Crippen LogP contribution in [-0.4, -0.2) is 46.6 Å². The van der Waals surface area contributed by atoms with Gasteiger partial charge in [-0.3, -0.25) is 4.79 Å². The zero-order chi connectivity index (χ0) is 16.9. The molecule has 1 fully saturated rings. The minimum Gasteiger partial charge on any atom is -0.494 e. The Balaban J connectivity index is 0.00000225. The standard InChI is InChI=1S/C18H24N4O2.ClH/c1-3-11-24-15-6-4-5-14(12-15)18(23)22-10-7-19-13-16(22)17-20-8-9-21(17)2;/h4-6,8-9,12,16,19H,3,7,10-11,13H2,1-2H3;1H. The van der Waals surface area contributed by atoms with Crippen molar-refractivity contribution in [3.63, 3.8) is 0 Å². The summed E-state index contributed by atoms with van der Waals surface area (Å²) >= 11 is 0. The molecule has 3 rings (SSSR count). The van der Waals surface area contributed by atoms with Gasteiger partial charge in [0, 0.05) is 44.6 Å². The molecule has 6 nitrogen and oxygen atoms in total. The van der Waals surface area contributed by atoms with E-state index in [1.165, 1.54) is 0 Å². The van der Waals surface area contributed by atoms with Crippen LogP contribution in [0.5, 0.6) is 5.75 Å². The summed E-state index contributed by atoms with van der Waals surface area (Å²) in [6.45, 7) is 4.88. The number of carbonyl (C=O) groups excluding carboxylic acids is 1. The molecule has 2 heterocycles. The average molecular weight is 365 g/mol. The second kappa shape index (κ2) is 8.87. The molecule has 2 aromatic rings. The lowest BCUT2D eigenvalue weighted by Gasteiger charge is -2.35. The summed E-state index contributed by atoms with van der Waals surface area (Å²) in [6, 6.07) is 7.37. The molecule has 0 spiro atoms. The Labute approximate surface area is 154 Å². The molecule has 0 bridgehead atoms. The SMILES string of the molecule is CCCOc1cccc(C(=O)N2CCNCC2c2nccn2C)c1.Cl. The number of benzene rings is 1. The maximum atomic E-state index is 13.0. The maximum absolute atomic E-state index is 13.0. The molecular weight excluding hydrogens is 340 g/mol. The predicted molar refractivity (Wildman–Crippen MR) is 99.3 cm³/mol. The number of hydrogen-bond donors (Lipinski definition) is 1. The van der Waals surface area contributed by atoms with Crippen molar-refractivity contribution in [3.8, 4) is 5.75 Å². The molecule has 1 aliphatic rings. The highest BCUT2D eigenvalue weighted by atomic mass is 35.5. The van der Waals surface area contributed by atoms with Gasteiger partial charge in [-0.25, -0.2) is 4.98 Å². The monoisotopic (exact) mass is 364 g/mol. The smallest absolute Gasteiger partial charge is 0.254 e. The number of halogens is 1. The summed E-state index contributed by atoms with van der Waals surface area (Å²) in [5, 5.41) is 3.35. The van der Waals surface area contributed by atoms with Gasteiger partial charge in [-0.15, -0.1) is 12.4 Å². The van der Waals surface area contributed by atoms with Gasteiger partial charge in [0.25, 0.3) is 5.91 Å². The second-order valence-corrected chi connectivity index (χ2v) is 5.99. The number of ether oxygens (including phenoxy) is 1. The summed E-state index contributed by atoms with van der Waals surface area (Å²) in [5.41, 5.74) is 0.657. The first-order valence-corrected chi connectivity index (χ1v) is 8.42. The number of imidazole rings is 1. The highest BCUT2D eigenvalue weighted by molar-refractivity contribution is 5.95. The molecule has 1 aromatic carbocycles. The number of aryl methyl sites for hydroxylation is 1. The topological polar surface area (TPSA) is 59.4 Å². The van der Waals surface area contributed by atoms with E-state index in [4.69, 9.17) is 4.74 Å². The van der Waals surface area contributed by atoms with E-state index in [1.54, 1.807) is 6.20 Å². The third-order valence-corrected chi connectivity index (χ3v) is 4.21. The molecule has 1 N–H and O–H groups in total. The van der Waals surface area contributed by atoms with Gasteiger partial charge in [-0.2, -0.15) is 0 Å². The summed E-state index contributed by atoms with van der Waals surface area (Å²) in [7, 11) is 1.96. The fourth-order valence-corrected chi connectivity index (χ4v) is 2.98. The van der Waals surface area contributed by atoms with E-state index in [0.29, 0.717) is 25.3 Å². The van der Waals surface area contributed by atoms with Gasteiger partial charge in [-0.05, 0) is 24.6 Å². The lowest BCUT2D eigenvalue weighted by Crippen LogP contribution is -2.49. The Morgan fingerprint density at radius 2 is 2.28 bits per heavy atom. The molecule has 0 radical (unpaired) electrons. The van der Waals surface area contributed by atoms with Crippen molar-refractivity contribution in [2.75, 3.05) is 26.2 Å². The van der Waals surface area contributed by atoms with Crippen LogP contribution < -0.4 is 10.1 Å². The van der Waals surface area contributed by atoms with E-state index in [0.717, 1.165) is 24.5 Å². The van der Waals surface area contributed by atoms with Gasteiger partial charge in [0.15, 0.2) is 0 Å². The van der Waals surface area contributed by atoms with E-state index in [-0.39, 0.29) is 24.4 Å². The van der Waals surface area contributed by atoms with Crippen molar-refractivity contribution < 1.29 is 9.53 Å². The van der Waals surface area contributed by atoms with Gasteiger partial charge >= 0.3 is 0 Å². The van der Waals surface area contributed by atoms with Crippen molar-refractivity contribution >= 4 is 18.3 Å². The lowest BCUT2D eigenvalue weighted by atomic mass is 10.1. The molecule has 1 atom stereocenters. The molecular formula is C18H25ClN4O2. The molecule has 1 unspecified atom stereocenters. The van der Waals surface area contributed by atoms with Crippen molar-refractivity contribution in [1.82, 2.24) is 19.8 Å². The number of rotatable bonds is 5. The van der Waals surface area contributed by atoms with Crippen LogP contribution in [0.4, 0.5) is 0 Å². The summed E-state index contributed by atoms with van der Waals surface area (Å²) < 4.78 is 7.62. The average Bonchev–Trinajstić information content (AvgIpc) is 3.05. The molecule has 0 saturated carbocycles. The predicted octanol–water partition coefficient (Wildman–Crippen LogP) is 2.42. The molecule has 0 aliphatic carbocycles. The number of piperazine rings is 1. The fraction of sp³-hybridized carbons (Fsp3) is 0.444. The lowest BCUT2D eigenvalue weighted by molar-refractivity contribution is 0.0620. The number of amides is 1. The fourth-order valence-electron chi connectivity index (χ4n) is 2.98. The summed E-state index contributed by atoms with van der Waals surface area (Å²) in [4.78, 5) is 19.4. The van der Waals surface area contributed by atoms with Crippen LogP contribution in [-0.2, 0) is 7.05 Å². The first-order valence-electron chi connectivity index (χ1n) is 8.42. The van der Waals surface area contributed by atoms with E-state index >= 15 is 0 Å². The highest BCUT2D eigenvalue weighted by Gasteiger charge is 2.31. The largest absolute Gasteiger partial charge is 0.494 e. The highest BCUT2D eigenvalue weighted by Crippen LogP contribution is 2.24. The zero-order valence-electron chi connectivity index (χ0n) is 14.6. The Hall–Kier alpha value is -2.05. The van der Waals surface area contributed by atoms with Gasteiger partial charge in [0.1, 0.15) is 17.6 Å². The molecule has 136 valence electrons. The van der Waals surface area contributed by atoms with E-state index < -0.39 is 0 Å². The van der Waals surface area contributed by atoms with E-state index in [2.05, 4.69) is 17.2 Å². The maximum Gasteiger partial charge on any atom is 0.254 e. The minimum absolute atomic E-state index is 0. The third kappa shape index (κ3) is 4.32. The van der Waals surface area contributed by atoms with Crippen LogP contribution in [0.1, 0.15) is 35.6 Å². The summed E-state index contributed by atoms with van der Waals surface area (Å²) in [5.74, 6) is 1.66. The molecule has 25 heavy (non-hydrogen) atoms. The first-order chi connectivity index (χ1) is 11.7. The third-order valence-electron chi connectivity index (χ3n) is 4.21. The quantitative estimate of drug-likeness (QED) is 0.885. The van der Waals surface area contributed by atoms with Crippen molar-refractivity contribution in [2.24, 2.45) is 7.05 Å². The Morgan fingerprint density at radius 1 is 1.44 bits per heavy atom. The molecule has 7 heteroatoms. The van der Waals surface area contributed by atoms with Crippen LogP contribution in [0.15, 0.2) is 36.7 Å². The van der Waals surface area contributed by atoms with Gasteiger partial charge < -0.3 is 19.5 Å². The number of aromatic nitrogens is 2. The van der Waals surface area contributed by atoms with Crippen molar-refractivity contribution in [1.29, 1.82) is 0 Å². The van der Waals surface area contributed by atoms with Crippen LogP contribution in [0.2, 0.25) is 0 Å². The van der Waals surface area contributed by atoms with Gasteiger partial charge in [0.2, 0.25) is 0 Å². The zero-order valence-corrected chi connectivity index (χ0v) is 15.5. The van der Waals surface area contributed by atoms with Crippen LogP contribution in [0.25, 0.3) is 0 Å². The number of nitrogens with one attached hydrogen (secondary N) is 1. The van der Waals surface area contributed by atoms with Gasteiger partial charge in [-0.1, -0.05) is 13.0 Å². The van der Waals surface area contributed by atoms with Crippen LogP contribution in [0.3, 0.4) is 0 Å². The molecule has 1 aromatic heterocycles. The number of nitrogens with zero attached hydrogens (tertiary/aromatic N) is 3. The minimum atomic E-state index is -0.0635. The Bertz CT molecular complexity index is 704. The van der Waals surface area contributed by atoms with Crippen LogP contribution >= 0.6 is 12.4 Å². The Morgan fingerprint density at radius 3 is 3.00 bits per heavy atom. The first kappa shape index (κ1) is 19.3. The van der Waals surface area contributed by atoms with E-state index in [1.807, 2.05) is 47.0 Å². The molecule has 1 saturated heterocycles. The van der Waals surface area contributed by atoms with Crippen molar-refractivity contribution in [2.45, 2.75) is 19.4 Å². The normalized spacial score (nSPS) is 17.0. The number of hydrogen-bond acceptors (Lipinski definition) is 4. The Kier molecular flexibility index (Phi) is 6.84. The van der Waals surface area contributed by atoms with Crippen LogP contribution in [0, 0.1) is 0 Å². The molecule has 1 aliphatic heterocycles. The second-order valence-electron chi connectivity index (χ2n) is 5.99. The number of carbonyl (C=O) groups is 1. The van der Waals surface area contributed by atoms with Gasteiger partial charge in [0.05, 0.1) is 6.61 Å². The molecule has 1 amide bonds. The van der Waals surface area contributed by atoms with Crippen molar-refractivity contribution in [3.05, 3.63) is 48.0 Å².